The zero-order chi connectivity index (χ0) is 16.7. The number of nitrogens with zero attached hydrogens (tertiary/aromatic N) is 1. The number of hydrogen-bond acceptors (Lipinski definition) is 3. The van der Waals surface area contributed by atoms with E-state index in [0.717, 1.165) is 18.4 Å². The lowest BCUT2D eigenvalue weighted by Crippen LogP contribution is -2.24. The molecule has 1 aromatic carbocycles. The van der Waals surface area contributed by atoms with E-state index < -0.39 is 0 Å². The summed E-state index contributed by atoms with van der Waals surface area (Å²) in [6, 6.07) is 5.01. The Morgan fingerprint density at radius 2 is 1.83 bits per heavy atom. The highest BCUT2D eigenvalue weighted by atomic mass is 35.5. The van der Waals surface area contributed by atoms with Gasteiger partial charge in [-0.2, -0.15) is 0 Å². The van der Waals surface area contributed by atoms with Crippen LogP contribution in [0.15, 0.2) is 29.2 Å². The predicted molar refractivity (Wildman–Crippen MR) is 94.0 cm³/mol. The fourth-order valence-electron chi connectivity index (χ4n) is 2.52. The lowest BCUT2D eigenvalue weighted by atomic mass is 10.1. The molecule has 1 fully saturated rings. The van der Waals surface area contributed by atoms with Gasteiger partial charge in [0.2, 0.25) is 0 Å². The molecule has 2 N–H and O–H groups in total. The number of nitrogens with two attached hydrogens (primary N) is 1. The fraction of sp³-hybridized carbons (Fsp3) is 0.353. The van der Waals surface area contributed by atoms with Crippen molar-refractivity contribution >= 4 is 28.9 Å². The summed E-state index contributed by atoms with van der Waals surface area (Å²) >= 11 is 12.3. The van der Waals surface area contributed by atoms with Crippen molar-refractivity contribution < 1.29 is 4.74 Å². The summed E-state index contributed by atoms with van der Waals surface area (Å²) in [5.41, 5.74) is 7.01. The number of rotatable bonds is 4. The van der Waals surface area contributed by atoms with Gasteiger partial charge in [0, 0.05) is 17.3 Å². The van der Waals surface area contributed by atoms with Crippen molar-refractivity contribution in [2.75, 3.05) is 5.73 Å². The van der Waals surface area contributed by atoms with E-state index in [-0.39, 0.29) is 11.6 Å². The predicted octanol–water partition coefficient (Wildman–Crippen LogP) is 4.99. The quantitative estimate of drug-likeness (QED) is 0.788. The van der Waals surface area contributed by atoms with Crippen LogP contribution in [0.5, 0.6) is 11.5 Å². The second kappa shape index (κ2) is 6.10. The molecular formula is C17H18Cl2N2O2. The highest BCUT2D eigenvalue weighted by molar-refractivity contribution is 6.37. The molecule has 6 heteroatoms. The number of pyridine rings is 1. The van der Waals surface area contributed by atoms with E-state index in [0.29, 0.717) is 33.1 Å². The zero-order valence-corrected chi connectivity index (χ0v) is 14.5. The number of aromatic nitrogens is 1. The summed E-state index contributed by atoms with van der Waals surface area (Å²) in [5.74, 6) is 1.22. The van der Waals surface area contributed by atoms with Gasteiger partial charge in [-0.15, -0.1) is 0 Å². The first kappa shape index (κ1) is 16.2. The Hall–Kier alpha value is -1.65. The SMILES string of the molecule is CC(C)n1cc(Oc2c(Cl)cc(N)cc2Cl)cc(C2CC2)c1=O. The topological polar surface area (TPSA) is 57.2 Å². The van der Waals surface area contributed by atoms with Crippen LogP contribution >= 0.6 is 23.2 Å². The molecule has 4 nitrogen and oxygen atoms in total. The van der Waals surface area contributed by atoms with Crippen molar-refractivity contribution in [2.24, 2.45) is 0 Å². The third-order valence-corrected chi connectivity index (χ3v) is 4.42. The normalized spacial score (nSPS) is 14.3. The van der Waals surface area contributed by atoms with E-state index in [9.17, 15) is 4.79 Å². The van der Waals surface area contributed by atoms with E-state index in [2.05, 4.69) is 0 Å². The molecule has 23 heavy (non-hydrogen) atoms. The third-order valence-electron chi connectivity index (χ3n) is 3.86. The summed E-state index contributed by atoms with van der Waals surface area (Å²) in [6.07, 6.45) is 3.78. The summed E-state index contributed by atoms with van der Waals surface area (Å²) in [4.78, 5) is 12.5. The number of hydrogen-bond donors (Lipinski definition) is 1. The second-order valence-corrected chi connectivity index (χ2v) is 6.94. The number of nitrogen functional groups attached to an aromatic ring is 1. The molecule has 1 aliphatic carbocycles. The highest BCUT2D eigenvalue weighted by Gasteiger charge is 2.28. The van der Waals surface area contributed by atoms with Crippen LogP contribution in [0.25, 0.3) is 0 Å². The highest BCUT2D eigenvalue weighted by Crippen LogP contribution is 2.41. The number of halogens is 2. The van der Waals surface area contributed by atoms with Crippen molar-refractivity contribution in [1.29, 1.82) is 0 Å². The van der Waals surface area contributed by atoms with Gasteiger partial charge in [0.1, 0.15) is 5.75 Å². The molecular weight excluding hydrogens is 335 g/mol. The second-order valence-electron chi connectivity index (χ2n) is 6.13. The monoisotopic (exact) mass is 352 g/mol. The van der Waals surface area contributed by atoms with Gasteiger partial charge in [-0.3, -0.25) is 4.79 Å². The lowest BCUT2D eigenvalue weighted by Gasteiger charge is -2.16. The number of anilines is 1. The minimum atomic E-state index is 0.0425. The molecule has 0 unspecified atom stereocenters. The summed E-state index contributed by atoms with van der Waals surface area (Å²) in [6.45, 7) is 3.93. The molecule has 0 saturated heterocycles. The van der Waals surface area contributed by atoms with E-state index >= 15 is 0 Å². The smallest absolute Gasteiger partial charge is 0.254 e. The van der Waals surface area contributed by atoms with Gasteiger partial charge >= 0.3 is 0 Å². The van der Waals surface area contributed by atoms with Gasteiger partial charge in [0.15, 0.2) is 5.75 Å². The van der Waals surface area contributed by atoms with Crippen LogP contribution in [0.2, 0.25) is 10.0 Å². The molecule has 1 aliphatic rings. The molecule has 3 rings (SSSR count). The Balaban J connectivity index is 2.05. The van der Waals surface area contributed by atoms with Gasteiger partial charge in [0.05, 0.1) is 16.2 Å². The largest absolute Gasteiger partial charge is 0.453 e. The average molecular weight is 353 g/mol. The maximum Gasteiger partial charge on any atom is 0.254 e. The van der Waals surface area contributed by atoms with Crippen LogP contribution in [-0.2, 0) is 0 Å². The van der Waals surface area contributed by atoms with Gasteiger partial charge < -0.3 is 15.0 Å². The summed E-state index contributed by atoms with van der Waals surface area (Å²) < 4.78 is 7.56. The van der Waals surface area contributed by atoms with Crippen LogP contribution < -0.4 is 16.0 Å². The van der Waals surface area contributed by atoms with Gasteiger partial charge in [-0.05, 0) is 50.8 Å². The molecule has 0 aliphatic heterocycles. The molecule has 1 heterocycles. The standard InChI is InChI=1S/C17H18Cl2N2O2/c1-9(2)21-8-12(7-13(17(21)22)10-3-4-10)23-16-14(18)5-11(20)6-15(16)19/h5-10H,3-4,20H2,1-2H3. The Labute approximate surface area is 144 Å². The van der Waals surface area contributed by atoms with E-state index in [1.54, 1.807) is 29.0 Å². The fourth-order valence-corrected chi connectivity index (χ4v) is 3.10. The Bertz CT molecular complexity index is 761. The third kappa shape index (κ3) is 3.33. The summed E-state index contributed by atoms with van der Waals surface area (Å²) in [5, 5.41) is 0.676. The van der Waals surface area contributed by atoms with Crippen molar-refractivity contribution in [3.63, 3.8) is 0 Å². The molecule has 122 valence electrons. The maximum absolute atomic E-state index is 12.5. The average Bonchev–Trinajstić information content (AvgIpc) is 3.28. The Morgan fingerprint density at radius 3 is 2.35 bits per heavy atom. The van der Waals surface area contributed by atoms with E-state index in [1.807, 2.05) is 13.8 Å². The van der Waals surface area contributed by atoms with Crippen LogP contribution in [0.3, 0.4) is 0 Å². The first-order valence-corrected chi connectivity index (χ1v) is 8.31. The molecule has 0 radical (unpaired) electrons. The van der Waals surface area contributed by atoms with Crippen molar-refractivity contribution in [3.05, 3.63) is 50.4 Å². The van der Waals surface area contributed by atoms with Gasteiger partial charge in [-0.25, -0.2) is 0 Å². The van der Waals surface area contributed by atoms with Crippen LogP contribution in [-0.4, -0.2) is 4.57 Å². The van der Waals surface area contributed by atoms with Crippen LogP contribution in [0.4, 0.5) is 5.69 Å². The van der Waals surface area contributed by atoms with Crippen molar-refractivity contribution in [3.8, 4) is 11.5 Å². The maximum atomic E-state index is 12.5. The van der Waals surface area contributed by atoms with E-state index in [4.69, 9.17) is 33.7 Å². The molecule has 0 amide bonds. The molecule has 1 saturated carbocycles. The number of benzene rings is 1. The molecule has 0 atom stereocenters. The minimum Gasteiger partial charge on any atom is -0.453 e. The van der Waals surface area contributed by atoms with Crippen molar-refractivity contribution in [1.82, 2.24) is 4.57 Å². The molecule has 0 bridgehead atoms. The molecule has 1 aromatic heterocycles. The summed E-state index contributed by atoms with van der Waals surface area (Å²) in [7, 11) is 0. The first-order valence-electron chi connectivity index (χ1n) is 7.55. The lowest BCUT2D eigenvalue weighted by molar-refractivity contribution is 0.464. The Morgan fingerprint density at radius 1 is 1.22 bits per heavy atom. The number of ether oxygens (including phenoxy) is 1. The van der Waals surface area contributed by atoms with Crippen molar-refractivity contribution in [2.45, 2.75) is 38.6 Å². The molecule has 0 spiro atoms. The molecule has 2 aromatic rings. The van der Waals surface area contributed by atoms with Gasteiger partial charge in [-0.1, -0.05) is 23.2 Å². The van der Waals surface area contributed by atoms with E-state index in [1.165, 1.54) is 0 Å². The first-order chi connectivity index (χ1) is 10.9. The minimum absolute atomic E-state index is 0.0425. The zero-order valence-electron chi connectivity index (χ0n) is 13.0. The van der Waals surface area contributed by atoms with Crippen LogP contribution in [0, 0.1) is 0 Å². The van der Waals surface area contributed by atoms with Gasteiger partial charge in [0.25, 0.3) is 5.56 Å². The van der Waals surface area contributed by atoms with Crippen LogP contribution in [0.1, 0.15) is 44.2 Å². The Kier molecular flexibility index (Phi) is 4.30.